The Morgan fingerprint density at radius 1 is 0.769 bits per heavy atom. The number of hydrogen-bond acceptors (Lipinski definition) is 2. The molecule has 2 fully saturated rings. The lowest BCUT2D eigenvalue weighted by Crippen LogP contribution is -2.61. The third kappa shape index (κ3) is 4.21. The van der Waals surface area contributed by atoms with E-state index in [0.29, 0.717) is 10.8 Å². The normalized spacial score (nSPS) is 29.7. The number of hydrogen-bond donors (Lipinski definition) is 0. The molecule has 0 saturated carbocycles. The molecule has 2 saturated heterocycles. The molecule has 4 rings (SSSR count). The zero-order chi connectivity index (χ0) is 18.2. The van der Waals surface area contributed by atoms with E-state index in [-0.39, 0.29) is 0 Å². The Kier molecular flexibility index (Phi) is 4.98. The van der Waals surface area contributed by atoms with Crippen molar-refractivity contribution in [2.45, 2.75) is 33.4 Å². The fraction of sp³-hybridized carbons (Fsp3) is 0.478. The van der Waals surface area contributed by atoms with Crippen molar-refractivity contribution in [2.75, 3.05) is 26.2 Å². The van der Waals surface area contributed by atoms with E-state index < -0.39 is 0 Å². The molecule has 138 valence electrons. The molecule has 2 aromatic carbocycles. The van der Waals surface area contributed by atoms with Gasteiger partial charge in [-0.2, -0.15) is 0 Å². The van der Waals surface area contributed by atoms with Gasteiger partial charge in [0.2, 0.25) is 0 Å². The average molecular weight is 413 g/mol. The number of rotatable bonds is 4. The van der Waals surface area contributed by atoms with E-state index in [1.54, 1.807) is 0 Å². The number of nitrogens with zero attached hydrogens (tertiary/aromatic N) is 2. The lowest BCUT2D eigenvalue weighted by atomic mass is 9.65. The highest BCUT2D eigenvalue weighted by Gasteiger charge is 2.48. The Bertz CT molecular complexity index is 742. The van der Waals surface area contributed by atoms with E-state index in [4.69, 9.17) is 0 Å². The van der Waals surface area contributed by atoms with Gasteiger partial charge >= 0.3 is 0 Å². The van der Waals surface area contributed by atoms with Gasteiger partial charge in [-0.05, 0) is 40.5 Å². The van der Waals surface area contributed by atoms with Crippen LogP contribution in [0.1, 0.15) is 31.4 Å². The van der Waals surface area contributed by atoms with E-state index in [1.807, 2.05) is 0 Å². The summed E-state index contributed by atoms with van der Waals surface area (Å²) in [5.74, 6) is 0. The van der Waals surface area contributed by atoms with Gasteiger partial charge in [0.05, 0.1) is 0 Å². The molecule has 2 aromatic rings. The molecule has 3 heteroatoms. The lowest BCUT2D eigenvalue weighted by molar-refractivity contribution is -0.0791. The molecule has 0 amide bonds. The van der Waals surface area contributed by atoms with E-state index in [1.165, 1.54) is 48.2 Å². The summed E-state index contributed by atoms with van der Waals surface area (Å²) >= 11 is 3.61. The van der Waals surface area contributed by atoms with Gasteiger partial charge in [-0.1, -0.05) is 72.2 Å². The van der Waals surface area contributed by atoms with Gasteiger partial charge in [0.25, 0.3) is 0 Å². The van der Waals surface area contributed by atoms with Crippen LogP contribution in [0.3, 0.4) is 0 Å². The second-order valence-electron chi connectivity index (χ2n) is 9.20. The number of halogens is 1. The van der Waals surface area contributed by atoms with Gasteiger partial charge < -0.3 is 0 Å². The Morgan fingerprint density at radius 2 is 1.31 bits per heavy atom. The molecule has 2 atom stereocenters. The van der Waals surface area contributed by atoms with Crippen molar-refractivity contribution in [2.24, 2.45) is 10.8 Å². The number of likely N-dealkylation sites (tertiary alicyclic amines) is 2. The second kappa shape index (κ2) is 7.10. The quantitative estimate of drug-likeness (QED) is 0.681. The van der Waals surface area contributed by atoms with Crippen molar-refractivity contribution in [1.82, 2.24) is 9.80 Å². The van der Waals surface area contributed by atoms with Crippen LogP contribution in [0, 0.1) is 10.8 Å². The summed E-state index contributed by atoms with van der Waals surface area (Å²) in [6.45, 7) is 11.9. The fourth-order valence-corrected chi connectivity index (χ4v) is 6.03. The second-order valence-corrected chi connectivity index (χ2v) is 10.1. The first-order chi connectivity index (χ1) is 12.4. The van der Waals surface area contributed by atoms with Crippen molar-refractivity contribution in [3.63, 3.8) is 0 Å². The van der Waals surface area contributed by atoms with Gasteiger partial charge in [0.1, 0.15) is 0 Å². The van der Waals surface area contributed by atoms with Crippen molar-refractivity contribution >= 4 is 15.9 Å². The zero-order valence-electron chi connectivity index (χ0n) is 15.9. The third-order valence-electron chi connectivity index (χ3n) is 5.82. The number of fused-ring (bicyclic) bond motifs is 2. The smallest absolute Gasteiger partial charge is 0.0234 e. The molecule has 26 heavy (non-hydrogen) atoms. The minimum atomic E-state index is 0.381. The molecule has 2 heterocycles. The maximum absolute atomic E-state index is 3.61. The van der Waals surface area contributed by atoms with Crippen molar-refractivity contribution < 1.29 is 0 Å². The highest BCUT2D eigenvalue weighted by Crippen LogP contribution is 2.46. The van der Waals surface area contributed by atoms with Crippen LogP contribution >= 0.6 is 15.9 Å². The summed E-state index contributed by atoms with van der Waals surface area (Å²) in [5, 5.41) is 0. The van der Waals surface area contributed by atoms with E-state index >= 15 is 0 Å². The lowest BCUT2D eigenvalue weighted by Gasteiger charge is -2.57. The molecule has 2 aliphatic heterocycles. The number of benzene rings is 2. The van der Waals surface area contributed by atoms with Crippen molar-refractivity contribution in [3.05, 3.63) is 70.2 Å². The predicted molar refractivity (Wildman–Crippen MR) is 112 cm³/mol. The highest BCUT2D eigenvalue weighted by atomic mass is 79.9. The van der Waals surface area contributed by atoms with Crippen LogP contribution in [0.4, 0.5) is 0 Å². The third-order valence-corrected chi connectivity index (χ3v) is 6.31. The molecule has 0 radical (unpaired) electrons. The van der Waals surface area contributed by atoms with Crippen LogP contribution in [-0.4, -0.2) is 36.0 Å². The first-order valence-corrected chi connectivity index (χ1v) is 10.4. The van der Waals surface area contributed by atoms with E-state index in [2.05, 4.69) is 94.2 Å². The van der Waals surface area contributed by atoms with Crippen LogP contribution < -0.4 is 0 Å². The minimum absolute atomic E-state index is 0.381. The van der Waals surface area contributed by atoms with Gasteiger partial charge in [0, 0.05) is 43.7 Å². The molecule has 0 aliphatic carbocycles. The summed E-state index contributed by atoms with van der Waals surface area (Å²) in [6.07, 6.45) is 1.35. The Hall–Kier alpha value is -1.16. The molecule has 2 aliphatic rings. The molecule has 0 N–H and O–H groups in total. The zero-order valence-corrected chi connectivity index (χ0v) is 17.5. The summed E-state index contributed by atoms with van der Waals surface area (Å²) in [5.41, 5.74) is 3.61. The number of piperidine rings is 2. The highest BCUT2D eigenvalue weighted by molar-refractivity contribution is 9.10. The predicted octanol–water partition coefficient (Wildman–Crippen LogP) is 5.18. The minimum Gasteiger partial charge on any atom is -0.298 e. The topological polar surface area (TPSA) is 6.48 Å². The maximum atomic E-state index is 3.61. The SMILES string of the molecule is CC12CN(Cc3ccccc3)CC(C)(CN(Cc3cccc(Br)c3)C1)C2. The Balaban J connectivity index is 1.47. The molecule has 2 unspecified atom stereocenters. The average Bonchev–Trinajstić information content (AvgIpc) is 2.53. The van der Waals surface area contributed by atoms with Gasteiger partial charge in [0.15, 0.2) is 0 Å². The monoisotopic (exact) mass is 412 g/mol. The summed E-state index contributed by atoms with van der Waals surface area (Å²) in [6, 6.07) is 19.7. The van der Waals surface area contributed by atoms with Crippen molar-refractivity contribution in [3.8, 4) is 0 Å². The Labute approximate surface area is 166 Å². The molecular weight excluding hydrogens is 384 g/mol. The van der Waals surface area contributed by atoms with E-state index in [0.717, 1.165) is 13.1 Å². The molecule has 2 bridgehead atoms. The van der Waals surface area contributed by atoms with Crippen LogP contribution in [-0.2, 0) is 13.1 Å². The standard InChI is InChI=1S/C23H29BrN2/c1-22-14-23(2,16-25(15-22)12-19-7-4-3-5-8-19)18-26(17-22)13-20-9-6-10-21(24)11-20/h3-11H,12-18H2,1-2H3. The van der Waals surface area contributed by atoms with Gasteiger partial charge in [-0.25, -0.2) is 0 Å². The Morgan fingerprint density at radius 3 is 1.88 bits per heavy atom. The first kappa shape index (κ1) is 18.2. The van der Waals surface area contributed by atoms with E-state index in [9.17, 15) is 0 Å². The molecular formula is C23H29BrN2. The fourth-order valence-electron chi connectivity index (χ4n) is 5.58. The molecule has 2 nitrogen and oxygen atoms in total. The van der Waals surface area contributed by atoms with Crippen LogP contribution in [0.25, 0.3) is 0 Å². The maximum Gasteiger partial charge on any atom is 0.0234 e. The largest absolute Gasteiger partial charge is 0.298 e. The van der Waals surface area contributed by atoms with Gasteiger partial charge in [-0.3, -0.25) is 9.80 Å². The summed E-state index contributed by atoms with van der Waals surface area (Å²) in [7, 11) is 0. The summed E-state index contributed by atoms with van der Waals surface area (Å²) < 4.78 is 1.18. The van der Waals surface area contributed by atoms with Crippen LogP contribution in [0.15, 0.2) is 59.1 Å². The van der Waals surface area contributed by atoms with Gasteiger partial charge in [-0.15, -0.1) is 0 Å². The van der Waals surface area contributed by atoms with Crippen LogP contribution in [0.5, 0.6) is 0 Å². The summed E-state index contributed by atoms with van der Waals surface area (Å²) in [4.78, 5) is 5.38. The molecule has 0 spiro atoms. The van der Waals surface area contributed by atoms with Crippen LogP contribution in [0.2, 0.25) is 0 Å². The molecule has 0 aromatic heterocycles. The van der Waals surface area contributed by atoms with Crippen molar-refractivity contribution in [1.29, 1.82) is 0 Å². The first-order valence-electron chi connectivity index (χ1n) is 9.65.